The molecule has 0 radical (unpaired) electrons. The predicted molar refractivity (Wildman–Crippen MR) is 116 cm³/mol. The van der Waals surface area contributed by atoms with Crippen LogP contribution in [-0.2, 0) is 34.1 Å². The molecule has 0 bridgehead atoms. The number of rotatable bonds is 5. The second-order valence-electron chi connectivity index (χ2n) is 7.09. The maximum Gasteiger partial charge on any atom is 0.242 e. The molecule has 7 nitrogen and oxygen atoms in total. The van der Waals surface area contributed by atoms with Gasteiger partial charge in [0.25, 0.3) is 0 Å². The van der Waals surface area contributed by atoms with E-state index in [2.05, 4.69) is 27.1 Å². The molecule has 156 valence electrons. The van der Waals surface area contributed by atoms with Crippen molar-refractivity contribution < 1.29 is 13.2 Å². The minimum Gasteiger partial charge on any atom is -0.352 e. The van der Waals surface area contributed by atoms with Crippen LogP contribution in [0.25, 0.3) is 0 Å². The van der Waals surface area contributed by atoms with E-state index in [1.807, 2.05) is 11.0 Å². The lowest BCUT2D eigenvalue weighted by Gasteiger charge is -2.27. The van der Waals surface area contributed by atoms with Gasteiger partial charge in [0.05, 0.1) is 11.4 Å². The van der Waals surface area contributed by atoms with Crippen molar-refractivity contribution in [1.29, 1.82) is 0 Å². The molecule has 3 rings (SSSR count). The first kappa shape index (κ1) is 21.3. The SMILES string of the molecule is CN=C(NCC(=O)N1CCc2sccc2C1)NCc1ccc(S(C)(=O)=O)c(C)c1. The summed E-state index contributed by atoms with van der Waals surface area (Å²) in [7, 11) is -1.58. The molecule has 0 fully saturated rings. The minimum atomic E-state index is -3.23. The molecule has 9 heteroatoms. The maximum atomic E-state index is 12.5. The van der Waals surface area contributed by atoms with E-state index in [0.717, 1.165) is 18.5 Å². The van der Waals surface area contributed by atoms with Gasteiger partial charge in [-0.25, -0.2) is 8.42 Å². The molecular weight excluding hydrogens is 408 g/mol. The number of hydrogen-bond acceptors (Lipinski definition) is 5. The van der Waals surface area contributed by atoms with Crippen LogP contribution < -0.4 is 10.6 Å². The first-order valence-electron chi connectivity index (χ1n) is 9.35. The molecule has 1 aromatic carbocycles. The van der Waals surface area contributed by atoms with Crippen LogP contribution in [0.3, 0.4) is 0 Å². The van der Waals surface area contributed by atoms with E-state index >= 15 is 0 Å². The van der Waals surface area contributed by atoms with Crippen LogP contribution in [-0.4, -0.2) is 51.6 Å². The van der Waals surface area contributed by atoms with Crippen LogP contribution >= 0.6 is 11.3 Å². The van der Waals surface area contributed by atoms with Crippen molar-refractivity contribution >= 4 is 33.0 Å². The summed E-state index contributed by atoms with van der Waals surface area (Å²) in [6.07, 6.45) is 2.12. The molecule has 0 atom stereocenters. The fourth-order valence-corrected chi connectivity index (χ4v) is 5.23. The lowest BCUT2D eigenvalue weighted by Crippen LogP contribution is -2.45. The molecule has 1 aliphatic rings. The maximum absolute atomic E-state index is 12.5. The molecule has 1 aromatic heterocycles. The van der Waals surface area contributed by atoms with Gasteiger partial charge >= 0.3 is 0 Å². The molecule has 0 saturated carbocycles. The summed E-state index contributed by atoms with van der Waals surface area (Å²) in [5.74, 6) is 0.564. The third kappa shape index (κ3) is 5.36. The van der Waals surface area contributed by atoms with Crippen molar-refractivity contribution in [3.05, 3.63) is 51.2 Å². The Morgan fingerprint density at radius 2 is 2.07 bits per heavy atom. The lowest BCUT2D eigenvalue weighted by atomic mass is 10.1. The van der Waals surface area contributed by atoms with E-state index in [1.165, 1.54) is 16.7 Å². The predicted octanol–water partition coefficient (Wildman–Crippen LogP) is 1.71. The number of benzene rings is 1. The van der Waals surface area contributed by atoms with E-state index in [9.17, 15) is 13.2 Å². The Morgan fingerprint density at radius 1 is 1.28 bits per heavy atom. The highest BCUT2D eigenvalue weighted by Crippen LogP contribution is 2.23. The number of carbonyl (C=O) groups is 1. The van der Waals surface area contributed by atoms with Crippen LogP contribution in [0.15, 0.2) is 39.5 Å². The molecular formula is C20H26N4O3S2. The number of nitrogens with one attached hydrogen (secondary N) is 2. The first-order chi connectivity index (χ1) is 13.8. The second-order valence-corrected chi connectivity index (χ2v) is 10.1. The summed E-state index contributed by atoms with van der Waals surface area (Å²) < 4.78 is 23.5. The van der Waals surface area contributed by atoms with Gasteiger partial charge in [0.2, 0.25) is 5.91 Å². The summed E-state index contributed by atoms with van der Waals surface area (Å²) in [5.41, 5.74) is 2.89. The van der Waals surface area contributed by atoms with Crippen molar-refractivity contribution in [2.75, 3.05) is 26.4 Å². The number of amides is 1. The molecule has 2 N–H and O–H groups in total. The number of carbonyl (C=O) groups excluding carboxylic acids is 1. The largest absolute Gasteiger partial charge is 0.352 e. The van der Waals surface area contributed by atoms with E-state index in [-0.39, 0.29) is 12.5 Å². The molecule has 1 aliphatic heterocycles. The fourth-order valence-electron chi connectivity index (χ4n) is 3.38. The van der Waals surface area contributed by atoms with Gasteiger partial charge in [0.1, 0.15) is 0 Å². The van der Waals surface area contributed by atoms with Gasteiger partial charge in [-0.15, -0.1) is 11.3 Å². The number of aryl methyl sites for hydroxylation is 1. The molecule has 2 heterocycles. The fraction of sp³-hybridized carbons (Fsp3) is 0.400. The highest BCUT2D eigenvalue weighted by Gasteiger charge is 2.21. The zero-order chi connectivity index (χ0) is 21.0. The molecule has 0 saturated heterocycles. The van der Waals surface area contributed by atoms with Gasteiger partial charge in [0, 0.05) is 37.8 Å². The summed E-state index contributed by atoms with van der Waals surface area (Å²) in [6.45, 7) is 3.83. The van der Waals surface area contributed by atoms with E-state index in [1.54, 1.807) is 37.4 Å². The minimum absolute atomic E-state index is 0.0400. The number of fused-ring (bicyclic) bond motifs is 1. The van der Waals surface area contributed by atoms with Crippen molar-refractivity contribution in [3.8, 4) is 0 Å². The van der Waals surface area contributed by atoms with Gasteiger partial charge in [-0.1, -0.05) is 12.1 Å². The number of sulfone groups is 1. The van der Waals surface area contributed by atoms with Crippen LogP contribution in [0, 0.1) is 6.92 Å². The standard InChI is InChI=1S/C20H26N4O3S2/c1-14-10-15(4-5-18(14)29(3,26)27)11-22-20(21-2)23-12-19(25)24-8-6-17-16(13-24)7-9-28-17/h4-5,7,9-10H,6,8,11-13H2,1-3H3,(H2,21,22,23). The topological polar surface area (TPSA) is 90.9 Å². The average Bonchev–Trinajstić information content (AvgIpc) is 3.14. The Hall–Kier alpha value is -2.39. The number of aliphatic imine (C=N–C) groups is 1. The van der Waals surface area contributed by atoms with Crippen LogP contribution in [0.5, 0.6) is 0 Å². The summed E-state index contributed by atoms with van der Waals surface area (Å²) >= 11 is 1.75. The molecule has 0 spiro atoms. The third-order valence-electron chi connectivity index (χ3n) is 4.89. The third-order valence-corrected chi connectivity index (χ3v) is 7.17. The van der Waals surface area contributed by atoms with Crippen LogP contribution in [0.2, 0.25) is 0 Å². The van der Waals surface area contributed by atoms with Gasteiger partial charge < -0.3 is 15.5 Å². The summed E-state index contributed by atoms with van der Waals surface area (Å²) in [5, 5.41) is 8.30. The van der Waals surface area contributed by atoms with Crippen molar-refractivity contribution in [2.24, 2.45) is 4.99 Å². The molecule has 29 heavy (non-hydrogen) atoms. The van der Waals surface area contributed by atoms with Crippen LogP contribution in [0.4, 0.5) is 0 Å². The van der Waals surface area contributed by atoms with E-state index in [4.69, 9.17) is 0 Å². The Balaban J connectivity index is 1.51. The number of guanidine groups is 1. The molecule has 0 aliphatic carbocycles. The van der Waals surface area contributed by atoms with Crippen molar-refractivity contribution in [1.82, 2.24) is 15.5 Å². The average molecular weight is 435 g/mol. The molecule has 1 amide bonds. The Labute approximate surface area is 175 Å². The number of nitrogens with zero attached hydrogens (tertiary/aromatic N) is 2. The highest BCUT2D eigenvalue weighted by atomic mass is 32.2. The van der Waals surface area contributed by atoms with Crippen LogP contribution in [0.1, 0.15) is 21.6 Å². The second kappa shape index (κ2) is 8.96. The van der Waals surface area contributed by atoms with E-state index < -0.39 is 9.84 Å². The normalized spacial score (nSPS) is 14.4. The highest BCUT2D eigenvalue weighted by molar-refractivity contribution is 7.90. The van der Waals surface area contributed by atoms with Gasteiger partial charge in [-0.2, -0.15) is 0 Å². The van der Waals surface area contributed by atoms with Gasteiger partial charge in [0.15, 0.2) is 15.8 Å². The van der Waals surface area contributed by atoms with Gasteiger partial charge in [-0.05, 0) is 47.5 Å². The molecule has 0 unspecified atom stereocenters. The monoisotopic (exact) mass is 434 g/mol. The Bertz CT molecular complexity index is 1030. The zero-order valence-corrected chi connectivity index (χ0v) is 18.5. The lowest BCUT2D eigenvalue weighted by molar-refractivity contribution is -0.130. The smallest absolute Gasteiger partial charge is 0.242 e. The quantitative estimate of drug-likeness (QED) is 0.552. The van der Waals surface area contributed by atoms with Crippen molar-refractivity contribution in [3.63, 3.8) is 0 Å². The Kier molecular flexibility index (Phi) is 6.59. The first-order valence-corrected chi connectivity index (χ1v) is 12.1. The number of thiophene rings is 1. The van der Waals surface area contributed by atoms with Gasteiger partial charge in [-0.3, -0.25) is 9.79 Å². The summed E-state index contributed by atoms with van der Waals surface area (Å²) in [4.78, 5) is 20.3. The van der Waals surface area contributed by atoms with Crippen molar-refractivity contribution in [2.45, 2.75) is 31.3 Å². The zero-order valence-electron chi connectivity index (χ0n) is 16.9. The molecule has 2 aromatic rings. The Morgan fingerprint density at radius 3 is 2.76 bits per heavy atom. The van der Waals surface area contributed by atoms with E-state index in [0.29, 0.717) is 29.5 Å². The number of hydrogen-bond donors (Lipinski definition) is 2. The summed E-state index contributed by atoms with van der Waals surface area (Å²) in [6, 6.07) is 7.33.